The molecule has 14 heavy (non-hydrogen) atoms. The van der Waals surface area contributed by atoms with Gasteiger partial charge in [0.05, 0.1) is 6.10 Å². The van der Waals surface area contributed by atoms with Gasteiger partial charge in [-0.15, -0.1) is 0 Å². The highest BCUT2D eigenvalue weighted by atomic mass is 79.9. The molecule has 2 nitrogen and oxygen atoms in total. The Kier molecular flexibility index (Phi) is 4.57. The number of hydrogen-bond acceptors (Lipinski definition) is 2. The van der Waals surface area contributed by atoms with Gasteiger partial charge in [-0.2, -0.15) is 0 Å². The minimum absolute atomic E-state index is 0.356. The topological polar surface area (TPSA) is 40.5 Å². The molecule has 2 atom stereocenters. The Bertz CT molecular complexity index is 315. The van der Waals surface area contributed by atoms with Gasteiger partial charge in [0.1, 0.15) is 6.10 Å². The second-order valence-electron chi connectivity index (χ2n) is 3.19. The molecule has 0 fully saturated rings. The van der Waals surface area contributed by atoms with Crippen molar-refractivity contribution < 1.29 is 10.2 Å². The monoisotopic (exact) mass is 322 g/mol. The molecule has 0 spiro atoms. The lowest BCUT2D eigenvalue weighted by molar-refractivity contribution is 0.0338. The van der Waals surface area contributed by atoms with Gasteiger partial charge in [-0.05, 0) is 18.6 Å². The molecule has 1 rings (SSSR count). The van der Waals surface area contributed by atoms with Crippen molar-refractivity contribution in [3.8, 4) is 0 Å². The molecule has 78 valence electrons. The van der Waals surface area contributed by atoms with Crippen LogP contribution in [0, 0.1) is 6.92 Å². The molecular weight excluding hydrogens is 312 g/mol. The van der Waals surface area contributed by atoms with Crippen LogP contribution < -0.4 is 0 Å². The maximum Gasteiger partial charge on any atom is 0.107 e. The van der Waals surface area contributed by atoms with Crippen LogP contribution in [-0.2, 0) is 0 Å². The van der Waals surface area contributed by atoms with E-state index in [0.29, 0.717) is 5.33 Å². The lowest BCUT2D eigenvalue weighted by Crippen LogP contribution is -2.19. The molecule has 0 amide bonds. The fourth-order valence-electron chi connectivity index (χ4n) is 1.18. The van der Waals surface area contributed by atoms with Crippen molar-refractivity contribution in [2.75, 3.05) is 5.33 Å². The largest absolute Gasteiger partial charge is 0.389 e. The first-order valence-corrected chi connectivity index (χ1v) is 6.16. The average Bonchev–Trinajstić information content (AvgIpc) is 2.19. The molecule has 0 radical (unpaired) electrons. The Labute approximate surface area is 100 Å². The van der Waals surface area contributed by atoms with Crippen LogP contribution in [0.1, 0.15) is 17.2 Å². The van der Waals surface area contributed by atoms with Gasteiger partial charge < -0.3 is 10.2 Å². The van der Waals surface area contributed by atoms with E-state index in [4.69, 9.17) is 0 Å². The maximum atomic E-state index is 9.78. The molecule has 0 aliphatic carbocycles. The SMILES string of the molecule is Cc1ccc(Br)c(C(O)C(O)CBr)c1. The highest BCUT2D eigenvalue weighted by molar-refractivity contribution is 9.10. The first kappa shape index (κ1) is 12.2. The van der Waals surface area contributed by atoms with Gasteiger partial charge in [-0.25, -0.2) is 0 Å². The molecule has 0 saturated carbocycles. The minimum atomic E-state index is -0.858. The van der Waals surface area contributed by atoms with Crippen LogP contribution in [0.25, 0.3) is 0 Å². The van der Waals surface area contributed by atoms with E-state index in [9.17, 15) is 10.2 Å². The summed E-state index contributed by atoms with van der Waals surface area (Å²) in [6.45, 7) is 1.95. The number of hydrogen-bond donors (Lipinski definition) is 2. The van der Waals surface area contributed by atoms with Crippen LogP contribution in [0.4, 0.5) is 0 Å². The van der Waals surface area contributed by atoms with Gasteiger partial charge in [0.25, 0.3) is 0 Å². The summed E-state index contributed by atoms with van der Waals surface area (Å²) in [4.78, 5) is 0. The van der Waals surface area contributed by atoms with Crippen LogP contribution in [0.5, 0.6) is 0 Å². The van der Waals surface area contributed by atoms with Crippen molar-refractivity contribution in [1.29, 1.82) is 0 Å². The van der Waals surface area contributed by atoms with Crippen molar-refractivity contribution in [1.82, 2.24) is 0 Å². The van der Waals surface area contributed by atoms with Crippen LogP contribution in [-0.4, -0.2) is 21.6 Å². The molecule has 2 N–H and O–H groups in total. The summed E-state index contributed by atoms with van der Waals surface area (Å²) in [6.07, 6.45) is -1.64. The van der Waals surface area contributed by atoms with Crippen LogP contribution in [0.2, 0.25) is 0 Å². The number of rotatable bonds is 3. The summed E-state index contributed by atoms with van der Waals surface area (Å²) < 4.78 is 0.815. The molecule has 2 unspecified atom stereocenters. The van der Waals surface area contributed by atoms with E-state index in [1.165, 1.54) is 0 Å². The molecule has 1 aromatic rings. The summed E-state index contributed by atoms with van der Waals surface area (Å²) in [5.41, 5.74) is 1.78. The second kappa shape index (κ2) is 5.26. The zero-order valence-corrected chi connectivity index (χ0v) is 10.9. The quantitative estimate of drug-likeness (QED) is 0.839. The summed E-state index contributed by atoms with van der Waals surface area (Å²) in [7, 11) is 0. The van der Waals surface area contributed by atoms with Crippen LogP contribution in [0.3, 0.4) is 0 Å². The number of halogens is 2. The molecule has 0 aliphatic rings. The van der Waals surface area contributed by atoms with Crippen molar-refractivity contribution in [2.45, 2.75) is 19.1 Å². The molecule has 0 aromatic heterocycles. The summed E-state index contributed by atoms with van der Waals surface area (Å²) in [6, 6.07) is 5.68. The third kappa shape index (κ3) is 2.79. The van der Waals surface area contributed by atoms with Gasteiger partial charge in [0, 0.05) is 9.80 Å². The number of aliphatic hydroxyl groups excluding tert-OH is 2. The maximum absolute atomic E-state index is 9.78. The third-order valence-electron chi connectivity index (χ3n) is 1.99. The van der Waals surface area contributed by atoms with E-state index >= 15 is 0 Å². The first-order chi connectivity index (χ1) is 6.56. The highest BCUT2D eigenvalue weighted by Crippen LogP contribution is 2.27. The fraction of sp³-hybridized carbons (Fsp3) is 0.400. The highest BCUT2D eigenvalue weighted by Gasteiger charge is 2.19. The van der Waals surface area contributed by atoms with E-state index in [-0.39, 0.29) is 0 Å². The molecular formula is C10H12Br2O2. The summed E-state index contributed by atoms with van der Waals surface area (Å²) in [5, 5.41) is 19.6. The van der Waals surface area contributed by atoms with Gasteiger partial charge in [0.2, 0.25) is 0 Å². The van der Waals surface area contributed by atoms with Crippen molar-refractivity contribution in [2.24, 2.45) is 0 Å². The molecule has 0 bridgehead atoms. The zero-order valence-electron chi connectivity index (χ0n) is 7.74. The summed E-state index contributed by atoms with van der Waals surface area (Å²) >= 11 is 6.47. The fourth-order valence-corrected chi connectivity index (χ4v) is 2.02. The van der Waals surface area contributed by atoms with E-state index in [0.717, 1.165) is 15.6 Å². The lowest BCUT2D eigenvalue weighted by Gasteiger charge is -2.17. The number of benzene rings is 1. The van der Waals surface area contributed by atoms with E-state index in [1.54, 1.807) is 0 Å². The van der Waals surface area contributed by atoms with E-state index in [1.807, 2.05) is 25.1 Å². The second-order valence-corrected chi connectivity index (χ2v) is 4.69. The standard InChI is InChI=1S/C10H12Br2O2/c1-6-2-3-8(12)7(4-6)10(14)9(13)5-11/h2-4,9-10,13-14H,5H2,1H3. The van der Waals surface area contributed by atoms with Gasteiger partial charge in [0.15, 0.2) is 0 Å². The van der Waals surface area contributed by atoms with Crippen molar-refractivity contribution >= 4 is 31.9 Å². The molecule has 1 aromatic carbocycles. The minimum Gasteiger partial charge on any atom is -0.389 e. The van der Waals surface area contributed by atoms with Crippen molar-refractivity contribution in [3.63, 3.8) is 0 Å². The van der Waals surface area contributed by atoms with Crippen molar-refractivity contribution in [3.05, 3.63) is 33.8 Å². The Morgan fingerprint density at radius 3 is 2.57 bits per heavy atom. The molecule has 0 saturated heterocycles. The number of aryl methyl sites for hydroxylation is 1. The normalized spacial score (nSPS) is 15.2. The van der Waals surface area contributed by atoms with Gasteiger partial charge in [-0.1, -0.05) is 49.6 Å². The Balaban J connectivity index is 2.99. The van der Waals surface area contributed by atoms with Crippen LogP contribution in [0.15, 0.2) is 22.7 Å². The van der Waals surface area contributed by atoms with Crippen LogP contribution >= 0.6 is 31.9 Å². The number of aliphatic hydroxyl groups is 2. The average molecular weight is 324 g/mol. The lowest BCUT2D eigenvalue weighted by atomic mass is 10.0. The predicted molar refractivity (Wildman–Crippen MR) is 63.6 cm³/mol. The molecule has 4 heteroatoms. The third-order valence-corrected chi connectivity index (χ3v) is 3.38. The Hall–Kier alpha value is 0.1000. The number of alkyl halides is 1. The molecule has 0 aliphatic heterocycles. The predicted octanol–water partition coefficient (Wildman–Crippen LogP) is 2.55. The Morgan fingerprint density at radius 1 is 1.36 bits per heavy atom. The Morgan fingerprint density at radius 2 is 2.00 bits per heavy atom. The molecule has 0 heterocycles. The first-order valence-electron chi connectivity index (χ1n) is 4.24. The summed E-state index contributed by atoms with van der Waals surface area (Å²) in [5.74, 6) is 0. The van der Waals surface area contributed by atoms with E-state index in [2.05, 4.69) is 31.9 Å². The van der Waals surface area contributed by atoms with E-state index < -0.39 is 12.2 Å². The van der Waals surface area contributed by atoms with Gasteiger partial charge >= 0.3 is 0 Å². The van der Waals surface area contributed by atoms with Gasteiger partial charge in [-0.3, -0.25) is 0 Å². The smallest absolute Gasteiger partial charge is 0.107 e. The zero-order chi connectivity index (χ0) is 10.7.